The van der Waals surface area contributed by atoms with Gasteiger partial charge in [0, 0.05) is 41.8 Å². The van der Waals surface area contributed by atoms with Gasteiger partial charge in [-0.15, -0.1) is 0 Å². The molecule has 0 radical (unpaired) electrons. The summed E-state index contributed by atoms with van der Waals surface area (Å²) in [6.45, 7) is 4.40. The van der Waals surface area contributed by atoms with Gasteiger partial charge in [0.2, 0.25) is 10.0 Å². The number of aromatic nitrogens is 1. The molecule has 2 aliphatic rings. The van der Waals surface area contributed by atoms with Gasteiger partial charge < -0.3 is 9.88 Å². The Hall–Kier alpha value is -2.12. The molecular weight excluding hydrogens is 442 g/mol. The number of fused-ring (bicyclic) bond motifs is 1. The number of nitrogens with one attached hydrogen (secondary N) is 1. The van der Waals surface area contributed by atoms with Crippen LogP contribution < -0.4 is 0 Å². The number of hydrogen-bond donors (Lipinski definition) is 1. The Bertz CT molecular complexity index is 1240. The Morgan fingerprint density at radius 1 is 1.00 bits per heavy atom. The van der Waals surface area contributed by atoms with E-state index in [2.05, 4.69) is 40.4 Å². The molecule has 0 unspecified atom stereocenters. The van der Waals surface area contributed by atoms with Crippen LogP contribution in [-0.4, -0.2) is 55.3 Å². The van der Waals surface area contributed by atoms with Crippen molar-refractivity contribution in [2.45, 2.75) is 30.6 Å². The van der Waals surface area contributed by atoms with Crippen molar-refractivity contribution in [3.63, 3.8) is 0 Å². The summed E-state index contributed by atoms with van der Waals surface area (Å²) < 4.78 is 27.4. The second-order valence-electron chi connectivity index (χ2n) is 8.67. The quantitative estimate of drug-likeness (QED) is 0.556. The molecule has 2 aliphatic heterocycles. The lowest BCUT2D eigenvalue weighted by molar-refractivity contribution is 0.344. The van der Waals surface area contributed by atoms with E-state index in [1.54, 1.807) is 24.3 Å². The minimum atomic E-state index is -3.51. The van der Waals surface area contributed by atoms with E-state index in [0.717, 1.165) is 18.5 Å². The van der Waals surface area contributed by atoms with E-state index in [4.69, 9.17) is 11.6 Å². The van der Waals surface area contributed by atoms with Gasteiger partial charge in [0.15, 0.2) is 0 Å². The van der Waals surface area contributed by atoms with Gasteiger partial charge in [-0.05, 0) is 91.9 Å². The normalized spacial score (nSPS) is 18.3. The van der Waals surface area contributed by atoms with Crippen molar-refractivity contribution < 1.29 is 8.42 Å². The number of rotatable bonds is 6. The van der Waals surface area contributed by atoms with Gasteiger partial charge in [0.05, 0.1) is 4.90 Å². The summed E-state index contributed by atoms with van der Waals surface area (Å²) in [5, 5.41) is 1.81. The van der Waals surface area contributed by atoms with Gasteiger partial charge in [0.25, 0.3) is 0 Å². The third-order valence-electron chi connectivity index (χ3n) is 6.66. The van der Waals surface area contributed by atoms with Crippen LogP contribution in [-0.2, 0) is 16.4 Å². The summed E-state index contributed by atoms with van der Waals surface area (Å²) in [6, 6.07) is 12.9. The number of likely N-dealkylation sites (tertiary alicyclic amines) is 1. The van der Waals surface area contributed by atoms with Crippen LogP contribution in [0.2, 0.25) is 5.02 Å². The molecule has 0 spiro atoms. The van der Waals surface area contributed by atoms with Gasteiger partial charge in [-0.25, -0.2) is 8.42 Å². The van der Waals surface area contributed by atoms with E-state index in [-0.39, 0.29) is 4.90 Å². The maximum absolute atomic E-state index is 13.0. The van der Waals surface area contributed by atoms with Crippen LogP contribution >= 0.6 is 11.6 Å². The number of hydrogen-bond acceptors (Lipinski definition) is 3. The van der Waals surface area contributed by atoms with E-state index in [9.17, 15) is 8.42 Å². The standard InChI is InChI=1S/C25H28ClN3O2S/c26-22-4-6-23(7-5-22)32(30,31)29-15-10-19(11-16-29)20-3-8-25-24(17-20)21(18-27-25)9-14-28-12-1-2-13-28/h3-8,10,17-18,27H,1-2,9,11-16H2. The van der Waals surface area contributed by atoms with E-state index < -0.39 is 10.0 Å². The molecule has 1 fully saturated rings. The number of benzene rings is 2. The first-order valence-corrected chi connectivity index (χ1v) is 13.1. The summed E-state index contributed by atoms with van der Waals surface area (Å²) in [5.74, 6) is 0. The van der Waals surface area contributed by atoms with Gasteiger partial charge in [-0.3, -0.25) is 0 Å². The van der Waals surface area contributed by atoms with Crippen molar-refractivity contribution >= 4 is 38.1 Å². The lowest BCUT2D eigenvalue weighted by Crippen LogP contribution is -2.34. The Kier molecular flexibility index (Phi) is 6.12. The van der Waals surface area contributed by atoms with Crippen LogP contribution in [0.4, 0.5) is 0 Å². The van der Waals surface area contributed by atoms with E-state index in [1.165, 1.54) is 52.3 Å². The van der Waals surface area contributed by atoms with Crippen LogP contribution in [0.15, 0.2) is 59.6 Å². The molecule has 3 heterocycles. The minimum absolute atomic E-state index is 0.287. The lowest BCUT2D eigenvalue weighted by atomic mass is 9.98. The molecule has 5 nitrogen and oxygen atoms in total. The maximum Gasteiger partial charge on any atom is 0.243 e. The van der Waals surface area contributed by atoms with Gasteiger partial charge in [-0.1, -0.05) is 23.7 Å². The largest absolute Gasteiger partial charge is 0.361 e. The molecule has 5 rings (SSSR count). The second-order valence-corrected chi connectivity index (χ2v) is 11.0. The zero-order chi connectivity index (χ0) is 22.1. The van der Waals surface area contributed by atoms with Gasteiger partial charge in [0.1, 0.15) is 0 Å². The fourth-order valence-electron chi connectivity index (χ4n) is 4.76. The van der Waals surface area contributed by atoms with Crippen LogP contribution in [0.1, 0.15) is 30.4 Å². The van der Waals surface area contributed by atoms with Crippen molar-refractivity contribution in [1.82, 2.24) is 14.2 Å². The average molecular weight is 470 g/mol. The Morgan fingerprint density at radius 3 is 2.50 bits per heavy atom. The molecule has 3 aromatic rings. The molecular formula is C25H28ClN3O2S. The van der Waals surface area contributed by atoms with E-state index >= 15 is 0 Å². The summed E-state index contributed by atoms with van der Waals surface area (Å²) in [4.78, 5) is 6.24. The van der Waals surface area contributed by atoms with Crippen molar-refractivity contribution in [3.05, 3.63) is 70.9 Å². The van der Waals surface area contributed by atoms with Crippen molar-refractivity contribution in [1.29, 1.82) is 0 Å². The molecule has 2 aromatic carbocycles. The molecule has 0 atom stereocenters. The predicted molar refractivity (Wildman–Crippen MR) is 130 cm³/mol. The molecule has 168 valence electrons. The van der Waals surface area contributed by atoms with Gasteiger partial charge in [-0.2, -0.15) is 4.31 Å². The van der Waals surface area contributed by atoms with Crippen LogP contribution in [0.25, 0.3) is 16.5 Å². The first kappa shape index (κ1) is 21.7. The number of halogens is 1. The molecule has 0 saturated carbocycles. The van der Waals surface area contributed by atoms with Gasteiger partial charge >= 0.3 is 0 Å². The monoisotopic (exact) mass is 469 g/mol. The van der Waals surface area contributed by atoms with Crippen molar-refractivity contribution in [2.75, 3.05) is 32.7 Å². The number of H-pyrrole nitrogens is 1. The molecule has 0 amide bonds. The predicted octanol–water partition coefficient (Wildman–Crippen LogP) is 4.94. The lowest BCUT2D eigenvalue weighted by Gasteiger charge is -2.26. The summed E-state index contributed by atoms with van der Waals surface area (Å²) in [5.41, 5.74) is 4.91. The first-order chi connectivity index (χ1) is 15.5. The first-order valence-electron chi connectivity index (χ1n) is 11.3. The van der Waals surface area contributed by atoms with Crippen molar-refractivity contribution in [2.24, 2.45) is 0 Å². The second kappa shape index (κ2) is 9.02. The maximum atomic E-state index is 13.0. The number of aromatic amines is 1. The zero-order valence-electron chi connectivity index (χ0n) is 18.1. The van der Waals surface area contributed by atoms with Crippen molar-refractivity contribution in [3.8, 4) is 0 Å². The Balaban J connectivity index is 1.32. The summed E-state index contributed by atoms with van der Waals surface area (Å²) >= 11 is 5.91. The highest BCUT2D eigenvalue weighted by Crippen LogP contribution is 2.30. The average Bonchev–Trinajstić information content (AvgIpc) is 3.47. The molecule has 1 saturated heterocycles. The molecule has 0 bridgehead atoms. The molecule has 0 aliphatic carbocycles. The third kappa shape index (κ3) is 4.37. The summed E-state index contributed by atoms with van der Waals surface area (Å²) in [7, 11) is -3.51. The van der Waals surface area contributed by atoms with Crippen LogP contribution in [0.5, 0.6) is 0 Å². The number of nitrogens with zero attached hydrogens (tertiary/aromatic N) is 2. The number of sulfonamides is 1. The SMILES string of the molecule is O=S(=O)(c1ccc(Cl)cc1)N1CC=C(c2ccc3[nH]cc(CCN4CCCC4)c3c2)CC1. The third-order valence-corrected chi connectivity index (χ3v) is 8.79. The zero-order valence-corrected chi connectivity index (χ0v) is 19.6. The minimum Gasteiger partial charge on any atom is -0.361 e. The van der Waals surface area contributed by atoms with Crippen LogP contribution in [0.3, 0.4) is 0 Å². The topological polar surface area (TPSA) is 56.4 Å². The molecule has 1 aromatic heterocycles. The smallest absolute Gasteiger partial charge is 0.243 e. The fourth-order valence-corrected chi connectivity index (χ4v) is 6.26. The van der Waals surface area contributed by atoms with Crippen LogP contribution in [0, 0.1) is 0 Å². The van der Waals surface area contributed by atoms with E-state index in [0.29, 0.717) is 24.5 Å². The summed E-state index contributed by atoms with van der Waals surface area (Å²) in [6.07, 6.45) is 8.57. The highest BCUT2D eigenvalue weighted by Gasteiger charge is 2.26. The fraction of sp³-hybridized carbons (Fsp3) is 0.360. The molecule has 7 heteroatoms. The Morgan fingerprint density at radius 2 is 1.78 bits per heavy atom. The molecule has 32 heavy (non-hydrogen) atoms. The highest BCUT2D eigenvalue weighted by atomic mass is 35.5. The highest BCUT2D eigenvalue weighted by molar-refractivity contribution is 7.89. The molecule has 1 N–H and O–H groups in total. The Labute approximate surface area is 194 Å². The van der Waals surface area contributed by atoms with E-state index in [1.807, 2.05) is 0 Å².